The lowest BCUT2D eigenvalue weighted by Crippen LogP contribution is -2.47. The van der Waals surface area contributed by atoms with Crippen LogP contribution in [0.1, 0.15) is 49.7 Å². The van der Waals surface area contributed by atoms with Crippen molar-refractivity contribution in [1.82, 2.24) is 10.2 Å². The van der Waals surface area contributed by atoms with E-state index >= 15 is 0 Å². The number of hydrogen-bond acceptors (Lipinski definition) is 2. The zero-order valence-corrected chi connectivity index (χ0v) is 17.7. The number of carbonyl (C=O) groups excluding carboxylic acids is 2. The molecule has 1 atom stereocenters. The fraction of sp³-hybridized carbons (Fsp3) is 0.417. The van der Waals surface area contributed by atoms with Crippen LogP contribution >= 0.6 is 11.6 Å². The molecule has 1 aliphatic heterocycles. The molecule has 0 aliphatic carbocycles. The summed E-state index contributed by atoms with van der Waals surface area (Å²) in [7, 11) is 0. The average molecular weight is 413 g/mol. The molecule has 0 spiro atoms. The van der Waals surface area contributed by atoms with Crippen molar-refractivity contribution in [3.63, 3.8) is 0 Å². The van der Waals surface area contributed by atoms with Gasteiger partial charge in [0.2, 0.25) is 11.8 Å². The Labute approximate surface area is 178 Å². The Hall–Kier alpha value is -2.33. The number of halogens is 1. The van der Waals surface area contributed by atoms with Gasteiger partial charge in [0.05, 0.1) is 5.92 Å². The maximum atomic E-state index is 13.0. The van der Waals surface area contributed by atoms with Crippen LogP contribution in [0.4, 0.5) is 0 Å². The van der Waals surface area contributed by atoms with Crippen molar-refractivity contribution >= 4 is 23.4 Å². The molecule has 0 aromatic heterocycles. The molecule has 5 heteroatoms. The molecule has 0 bridgehead atoms. The first-order chi connectivity index (χ1) is 14.1. The third-order valence-electron chi connectivity index (χ3n) is 5.66. The highest BCUT2D eigenvalue weighted by Crippen LogP contribution is 2.24. The summed E-state index contributed by atoms with van der Waals surface area (Å²) in [5.41, 5.74) is 2.08. The van der Waals surface area contributed by atoms with Gasteiger partial charge in [-0.25, -0.2) is 0 Å². The Balaban J connectivity index is 1.45. The van der Waals surface area contributed by atoms with Gasteiger partial charge < -0.3 is 10.2 Å². The van der Waals surface area contributed by atoms with Crippen molar-refractivity contribution < 1.29 is 9.59 Å². The molecule has 4 nitrogen and oxygen atoms in total. The Morgan fingerprint density at radius 1 is 1.07 bits per heavy atom. The highest BCUT2D eigenvalue weighted by atomic mass is 35.5. The second-order valence-corrected chi connectivity index (χ2v) is 8.04. The third kappa shape index (κ3) is 5.83. The van der Waals surface area contributed by atoms with Crippen LogP contribution in [0, 0.1) is 0 Å². The highest BCUT2D eigenvalue weighted by molar-refractivity contribution is 6.31. The molecule has 1 fully saturated rings. The number of hydrogen-bond donors (Lipinski definition) is 1. The molecule has 154 valence electrons. The van der Waals surface area contributed by atoms with E-state index in [2.05, 4.69) is 12.2 Å². The van der Waals surface area contributed by atoms with Crippen LogP contribution < -0.4 is 5.32 Å². The quantitative estimate of drug-likeness (QED) is 0.723. The minimum atomic E-state index is -0.0852. The van der Waals surface area contributed by atoms with Gasteiger partial charge in [0, 0.05) is 30.6 Å². The van der Waals surface area contributed by atoms with Gasteiger partial charge >= 0.3 is 0 Å². The summed E-state index contributed by atoms with van der Waals surface area (Å²) >= 11 is 6.16. The van der Waals surface area contributed by atoms with Gasteiger partial charge in [-0.1, -0.05) is 67.1 Å². The summed E-state index contributed by atoms with van der Waals surface area (Å²) in [4.78, 5) is 27.2. The second kappa shape index (κ2) is 10.4. The van der Waals surface area contributed by atoms with Gasteiger partial charge in [-0.3, -0.25) is 9.59 Å². The zero-order chi connectivity index (χ0) is 20.6. The number of rotatable bonds is 7. The van der Waals surface area contributed by atoms with Crippen LogP contribution in [-0.2, 0) is 16.0 Å². The molecule has 1 unspecified atom stereocenters. The number of nitrogens with one attached hydrogen (secondary N) is 1. The summed E-state index contributed by atoms with van der Waals surface area (Å²) in [5, 5.41) is 3.83. The lowest BCUT2D eigenvalue weighted by Gasteiger charge is -2.34. The molecule has 1 heterocycles. The average Bonchev–Trinajstić information content (AvgIpc) is 2.75. The van der Waals surface area contributed by atoms with Crippen LogP contribution in [0.2, 0.25) is 5.02 Å². The minimum absolute atomic E-state index is 0.0467. The van der Waals surface area contributed by atoms with E-state index < -0.39 is 0 Å². The van der Waals surface area contributed by atoms with E-state index in [0.717, 1.165) is 30.4 Å². The molecular weight excluding hydrogens is 384 g/mol. The van der Waals surface area contributed by atoms with Gasteiger partial charge in [0.25, 0.3) is 0 Å². The van der Waals surface area contributed by atoms with Crippen molar-refractivity contribution in [3.8, 4) is 0 Å². The van der Waals surface area contributed by atoms with Crippen molar-refractivity contribution in [2.75, 3.05) is 13.1 Å². The van der Waals surface area contributed by atoms with Crippen LogP contribution in [0.5, 0.6) is 0 Å². The van der Waals surface area contributed by atoms with E-state index in [1.807, 2.05) is 59.5 Å². The predicted molar refractivity (Wildman–Crippen MR) is 117 cm³/mol. The molecule has 2 aromatic rings. The summed E-state index contributed by atoms with van der Waals surface area (Å²) in [6.07, 6.45) is 3.46. The first-order valence-corrected chi connectivity index (χ1v) is 10.8. The molecular formula is C24H29ClN2O2. The summed E-state index contributed by atoms with van der Waals surface area (Å²) in [6.45, 7) is 3.44. The van der Waals surface area contributed by atoms with E-state index in [-0.39, 0.29) is 23.8 Å². The Morgan fingerprint density at radius 2 is 1.72 bits per heavy atom. The van der Waals surface area contributed by atoms with Gasteiger partial charge in [-0.2, -0.15) is 0 Å². The number of piperidine rings is 1. The molecule has 1 N–H and O–H groups in total. The van der Waals surface area contributed by atoms with E-state index in [0.29, 0.717) is 31.0 Å². The minimum Gasteiger partial charge on any atom is -0.353 e. The molecule has 0 radical (unpaired) electrons. The smallest absolute Gasteiger partial charge is 0.230 e. The summed E-state index contributed by atoms with van der Waals surface area (Å²) in [5.74, 6) is 0.158. The highest BCUT2D eigenvalue weighted by Gasteiger charge is 2.28. The van der Waals surface area contributed by atoms with Crippen molar-refractivity contribution in [2.45, 2.75) is 51.0 Å². The van der Waals surface area contributed by atoms with Gasteiger partial charge in [-0.15, -0.1) is 0 Å². The monoisotopic (exact) mass is 412 g/mol. The maximum absolute atomic E-state index is 13.0. The maximum Gasteiger partial charge on any atom is 0.230 e. The molecule has 2 aromatic carbocycles. The summed E-state index contributed by atoms with van der Waals surface area (Å²) in [6, 6.07) is 17.8. The van der Waals surface area contributed by atoms with Gasteiger partial charge in [0.15, 0.2) is 0 Å². The third-order valence-corrected chi connectivity index (χ3v) is 6.03. The number of carbonyl (C=O) groups is 2. The molecule has 2 amide bonds. The Kier molecular flexibility index (Phi) is 7.70. The predicted octanol–water partition coefficient (Wildman–Crippen LogP) is 4.57. The first-order valence-electron chi connectivity index (χ1n) is 10.4. The Morgan fingerprint density at radius 3 is 2.38 bits per heavy atom. The lowest BCUT2D eigenvalue weighted by molar-refractivity contribution is -0.134. The van der Waals surface area contributed by atoms with Gasteiger partial charge in [0.1, 0.15) is 0 Å². The fourth-order valence-electron chi connectivity index (χ4n) is 3.95. The number of nitrogens with zero attached hydrogens (tertiary/aromatic N) is 1. The van der Waals surface area contributed by atoms with Crippen LogP contribution in [0.25, 0.3) is 0 Å². The van der Waals surface area contributed by atoms with Crippen molar-refractivity contribution in [2.24, 2.45) is 0 Å². The van der Waals surface area contributed by atoms with E-state index in [1.54, 1.807) is 0 Å². The zero-order valence-electron chi connectivity index (χ0n) is 16.9. The lowest BCUT2D eigenvalue weighted by atomic mass is 9.93. The fourth-order valence-corrected chi connectivity index (χ4v) is 4.18. The van der Waals surface area contributed by atoms with Crippen LogP contribution in [0.3, 0.4) is 0 Å². The summed E-state index contributed by atoms with van der Waals surface area (Å²) < 4.78 is 0. The standard InChI is InChI=1S/C24H29ClN2O2/c1-2-21(18-8-4-3-5-9-18)24(29)27-16-14-20(15-17-27)26-23(28)13-12-19-10-6-7-11-22(19)25/h3-11,20-21H,2,12-17H2,1H3,(H,26,28). The van der Waals surface area contributed by atoms with Crippen molar-refractivity contribution in [1.29, 1.82) is 0 Å². The number of amides is 2. The van der Waals surface area contributed by atoms with Gasteiger partial charge in [-0.05, 0) is 42.9 Å². The molecule has 3 rings (SSSR count). The molecule has 1 aliphatic rings. The van der Waals surface area contributed by atoms with E-state index in [1.165, 1.54) is 0 Å². The largest absolute Gasteiger partial charge is 0.353 e. The van der Waals surface area contributed by atoms with E-state index in [9.17, 15) is 9.59 Å². The molecule has 1 saturated heterocycles. The van der Waals surface area contributed by atoms with Crippen LogP contribution in [-0.4, -0.2) is 35.8 Å². The normalized spacial score (nSPS) is 15.7. The molecule has 29 heavy (non-hydrogen) atoms. The number of aryl methyl sites for hydroxylation is 1. The molecule has 0 saturated carbocycles. The first kappa shape index (κ1) is 21.4. The SMILES string of the molecule is CCC(C(=O)N1CCC(NC(=O)CCc2ccccc2Cl)CC1)c1ccccc1. The Bertz CT molecular complexity index is 817. The number of likely N-dealkylation sites (tertiary alicyclic amines) is 1. The van der Waals surface area contributed by atoms with Crippen LogP contribution in [0.15, 0.2) is 54.6 Å². The number of benzene rings is 2. The topological polar surface area (TPSA) is 49.4 Å². The van der Waals surface area contributed by atoms with Crippen molar-refractivity contribution in [3.05, 3.63) is 70.7 Å². The van der Waals surface area contributed by atoms with E-state index in [4.69, 9.17) is 11.6 Å². The second-order valence-electron chi connectivity index (χ2n) is 7.63.